The Labute approximate surface area is 704 Å². The normalized spacial score (nSPS) is 10.8. The third-order valence-electron chi connectivity index (χ3n) is 19.5. The van der Waals surface area contributed by atoms with Crippen LogP contribution in [0.25, 0.3) is 44.5 Å². The zero-order valence-electron chi connectivity index (χ0n) is 68.0. The summed E-state index contributed by atoms with van der Waals surface area (Å²) < 4.78 is 23.3. The monoisotopic (exact) mass is 1690 g/mol. The Bertz CT molecular complexity index is 5690. The van der Waals surface area contributed by atoms with Gasteiger partial charge in [0.1, 0.15) is 68.3 Å². The minimum Gasteiger partial charge on any atom is -0.507 e. The van der Waals surface area contributed by atoms with Crippen molar-refractivity contribution in [3.05, 3.63) is 320 Å². The standard InChI is InChI=1S/C26H26O3S.C25H24O3S.C23H23BrO3S.C23H23ClO3S/c1-6-7-20-14-17(3)23(18(4)15-20)24-25(27)19(5)22(29-26(24)28)12-13-30-21-10-8-16(2)9-11-21;1-6-19-14-16(3)13-17(4)22(19)23-24(26)18(5)21(28-25(23)27)11-12-29-20-9-7-15(2)8-10-20;2*1-13-5-7-17(8-6-13)28-10-9-19-16(4)22(25)21(23(26)27-19)20-15(3)11-14(2)12-18(20)24/h8-11,14-15,27H,12-13H2,1-5H3;1,7-10,13-14,26H,11-12H2,2-5H3;2*5-8,11-12,25H,9-10H2,1-4H3. The van der Waals surface area contributed by atoms with Gasteiger partial charge in [-0.05, 0) is 247 Å². The molecule has 4 heterocycles. The van der Waals surface area contributed by atoms with Crippen molar-refractivity contribution in [3.8, 4) is 91.7 Å². The number of rotatable bonds is 20. The highest BCUT2D eigenvalue weighted by Crippen LogP contribution is 2.42. The van der Waals surface area contributed by atoms with E-state index in [0.717, 1.165) is 87.3 Å². The Morgan fingerprint density at radius 2 is 0.617 bits per heavy atom. The number of benzene rings is 8. The van der Waals surface area contributed by atoms with E-state index in [2.05, 4.69) is 158 Å². The third kappa shape index (κ3) is 22.6. The molecule has 0 radical (unpaired) electrons. The van der Waals surface area contributed by atoms with Crippen molar-refractivity contribution < 1.29 is 38.1 Å². The molecular formula is C97H96BrClO12S4. The Morgan fingerprint density at radius 1 is 0.348 bits per heavy atom. The Morgan fingerprint density at radius 3 is 0.922 bits per heavy atom. The van der Waals surface area contributed by atoms with Crippen molar-refractivity contribution in [1.29, 1.82) is 0 Å². The Hall–Kier alpha value is -9.95. The Kier molecular flexibility index (Phi) is 31.4. The molecule has 115 heavy (non-hydrogen) atoms. The van der Waals surface area contributed by atoms with Crippen LogP contribution in [0.5, 0.6) is 23.0 Å². The van der Waals surface area contributed by atoms with E-state index < -0.39 is 22.5 Å². The van der Waals surface area contributed by atoms with Crippen LogP contribution >= 0.6 is 74.6 Å². The number of terminal acetylenes is 1. The van der Waals surface area contributed by atoms with Gasteiger partial charge in [-0.1, -0.05) is 128 Å². The lowest BCUT2D eigenvalue weighted by atomic mass is 9.92. The first-order valence-corrected chi connectivity index (χ1v) is 42.7. The summed E-state index contributed by atoms with van der Waals surface area (Å²) in [5, 5.41) is 43.7. The molecule has 12 rings (SSSR count). The molecule has 0 spiro atoms. The molecule has 0 saturated carbocycles. The fourth-order valence-corrected chi connectivity index (χ4v) is 18.2. The molecule has 0 saturated heterocycles. The molecule has 0 aliphatic heterocycles. The van der Waals surface area contributed by atoms with Crippen LogP contribution in [0.2, 0.25) is 5.02 Å². The maximum absolute atomic E-state index is 12.8. The van der Waals surface area contributed by atoms with Crippen molar-refractivity contribution in [2.75, 3.05) is 23.0 Å². The molecule has 4 N–H and O–H groups in total. The van der Waals surface area contributed by atoms with Gasteiger partial charge in [-0.2, -0.15) is 0 Å². The molecule has 8 aromatic carbocycles. The predicted octanol–water partition coefficient (Wildman–Crippen LogP) is 24.1. The van der Waals surface area contributed by atoms with E-state index in [1.54, 1.807) is 87.7 Å². The SMILES string of the molecule is C#Cc1cc(C)cc(C)c1-c1c(O)c(C)c(CCSc2ccc(C)cc2)oc1=O.CC#Cc1cc(C)c(-c2c(O)c(C)c(CCSc3ccc(C)cc3)oc2=O)c(C)c1.Cc1ccc(SCCc2oc(=O)c(-c3c(C)cc(C)cc3Br)c(O)c2C)cc1.Cc1ccc(SCCc2oc(=O)c(-c3c(C)cc(C)cc3Cl)c(O)c2C)cc1. The van der Waals surface area contributed by atoms with Gasteiger partial charge in [0.15, 0.2) is 0 Å². The van der Waals surface area contributed by atoms with Gasteiger partial charge in [0, 0.05) is 128 Å². The second-order valence-electron chi connectivity index (χ2n) is 28.7. The van der Waals surface area contributed by atoms with Crippen molar-refractivity contribution in [3.63, 3.8) is 0 Å². The molecule has 0 fully saturated rings. The number of halogens is 2. The van der Waals surface area contributed by atoms with Crippen LogP contribution in [0, 0.1) is 135 Å². The molecular weight excluding hydrogens is 1600 g/mol. The largest absolute Gasteiger partial charge is 0.507 e. The molecule has 0 aliphatic carbocycles. The Balaban J connectivity index is 0.000000175. The molecule has 12 nitrogen and oxygen atoms in total. The maximum atomic E-state index is 12.8. The minimum atomic E-state index is -0.563. The van der Waals surface area contributed by atoms with Gasteiger partial charge in [0.05, 0.1) is 0 Å². The number of aromatic hydroxyl groups is 4. The van der Waals surface area contributed by atoms with E-state index in [9.17, 15) is 39.6 Å². The fourth-order valence-electron chi connectivity index (χ4n) is 13.5. The van der Waals surface area contributed by atoms with Gasteiger partial charge < -0.3 is 38.1 Å². The topological polar surface area (TPSA) is 202 Å². The molecule has 0 unspecified atom stereocenters. The number of aryl methyl sites for hydroxylation is 16. The van der Waals surface area contributed by atoms with Crippen molar-refractivity contribution in [2.24, 2.45) is 0 Å². The molecule has 0 bridgehead atoms. The molecule has 12 aromatic rings. The first kappa shape index (κ1) is 89.0. The lowest BCUT2D eigenvalue weighted by Crippen LogP contribution is -2.10. The van der Waals surface area contributed by atoms with Crippen molar-refractivity contribution in [2.45, 2.75) is 163 Å². The summed E-state index contributed by atoms with van der Waals surface area (Å²) >= 11 is 16.7. The van der Waals surface area contributed by atoms with Crippen LogP contribution in [0.1, 0.15) is 130 Å². The summed E-state index contributed by atoms with van der Waals surface area (Å²) in [6, 6.07) is 48.5. The van der Waals surface area contributed by atoms with Gasteiger partial charge >= 0.3 is 22.5 Å². The summed E-state index contributed by atoms with van der Waals surface area (Å²) in [7, 11) is 0. The first-order chi connectivity index (χ1) is 54.7. The third-order valence-corrected chi connectivity index (χ3v) is 24.5. The van der Waals surface area contributed by atoms with Crippen LogP contribution in [0.3, 0.4) is 0 Å². The summed E-state index contributed by atoms with van der Waals surface area (Å²) in [5.74, 6) is 13.5. The first-order valence-electron chi connectivity index (χ1n) is 37.6. The summed E-state index contributed by atoms with van der Waals surface area (Å²) in [5.41, 5.74) is 17.2. The fraction of sp³-hybridized carbons (Fsp3) is 0.258. The summed E-state index contributed by atoms with van der Waals surface area (Å²) in [6.07, 6.45) is 7.89. The van der Waals surface area contributed by atoms with Gasteiger partial charge in [-0.3, -0.25) is 0 Å². The van der Waals surface area contributed by atoms with Crippen LogP contribution in [-0.4, -0.2) is 43.4 Å². The second-order valence-corrected chi connectivity index (χ2v) is 34.6. The van der Waals surface area contributed by atoms with Gasteiger partial charge in [0.25, 0.3) is 0 Å². The minimum absolute atomic E-state index is 0.000705. The maximum Gasteiger partial charge on any atom is 0.347 e. The van der Waals surface area contributed by atoms with Gasteiger partial charge in [0.2, 0.25) is 0 Å². The van der Waals surface area contributed by atoms with Gasteiger partial charge in [-0.25, -0.2) is 19.2 Å². The van der Waals surface area contributed by atoms with Crippen LogP contribution in [0.15, 0.2) is 206 Å². The highest BCUT2D eigenvalue weighted by molar-refractivity contribution is 9.10. The zero-order valence-corrected chi connectivity index (χ0v) is 73.6. The van der Waals surface area contributed by atoms with Crippen LogP contribution < -0.4 is 22.5 Å². The number of thioether (sulfide) groups is 4. The van der Waals surface area contributed by atoms with E-state index in [-0.39, 0.29) is 45.3 Å². The van der Waals surface area contributed by atoms with E-state index >= 15 is 0 Å². The molecule has 0 aliphatic rings. The average molecular weight is 1700 g/mol. The highest BCUT2D eigenvalue weighted by atomic mass is 79.9. The number of hydrogen-bond acceptors (Lipinski definition) is 16. The van der Waals surface area contributed by atoms with Crippen LogP contribution in [-0.2, 0) is 25.7 Å². The predicted molar refractivity (Wildman–Crippen MR) is 481 cm³/mol. The zero-order chi connectivity index (χ0) is 83.8. The quantitative estimate of drug-likeness (QED) is 0.0414. The van der Waals surface area contributed by atoms with Gasteiger partial charge in [-0.15, -0.1) is 59.4 Å². The van der Waals surface area contributed by atoms with Crippen LogP contribution in [0.4, 0.5) is 0 Å². The molecule has 4 aromatic heterocycles. The second kappa shape index (κ2) is 40.6. The smallest absolute Gasteiger partial charge is 0.347 e. The van der Waals surface area contributed by atoms with E-state index in [0.29, 0.717) is 104 Å². The molecule has 0 atom stereocenters. The lowest BCUT2D eigenvalue weighted by Gasteiger charge is -2.14. The highest BCUT2D eigenvalue weighted by Gasteiger charge is 2.27. The lowest BCUT2D eigenvalue weighted by molar-refractivity contribution is 0.422. The van der Waals surface area contributed by atoms with E-state index in [4.69, 9.17) is 35.7 Å². The number of hydrogen-bond donors (Lipinski definition) is 4. The van der Waals surface area contributed by atoms with E-state index in [1.165, 1.54) is 32.0 Å². The van der Waals surface area contributed by atoms with Crippen molar-refractivity contribution >= 4 is 74.6 Å². The van der Waals surface area contributed by atoms with Crippen molar-refractivity contribution in [1.82, 2.24) is 0 Å². The molecule has 594 valence electrons. The summed E-state index contributed by atoms with van der Waals surface area (Å²) in [6.45, 7) is 32.5. The molecule has 18 heteroatoms. The van der Waals surface area contributed by atoms with E-state index in [1.807, 2.05) is 97.9 Å². The average Bonchev–Trinajstić information content (AvgIpc) is 0.780. The summed E-state index contributed by atoms with van der Waals surface area (Å²) in [4.78, 5) is 55.7. The molecule has 0 amide bonds.